The fourth-order valence-electron chi connectivity index (χ4n) is 4.51. The predicted molar refractivity (Wildman–Crippen MR) is 130 cm³/mol. The van der Waals surface area contributed by atoms with Crippen molar-refractivity contribution in [3.05, 3.63) is 64.4 Å². The Morgan fingerprint density at radius 2 is 1.83 bits per heavy atom. The van der Waals surface area contributed by atoms with Crippen LogP contribution in [0.5, 0.6) is 11.5 Å². The Bertz CT molecular complexity index is 1440. The van der Waals surface area contributed by atoms with E-state index < -0.39 is 27.5 Å². The number of aromatic nitrogens is 1. The summed E-state index contributed by atoms with van der Waals surface area (Å²) >= 11 is 0. The van der Waals surface area contributed by atoms with E-state index in [9.17, 15) is 18.0 Å². The Morgan fingerprint density at radius 1 is 1.09 bits per heavy atom. The lowest BCUT2D eigenvalue weighted by molar-refractivity contribution is 0.0788. The van der Waals surface area contributed by atoms with Crippen LogP contribution in [0.4, 0.5) is 0 Å². The van der Waals surface area contributed by atoms with Crippen molar-refractivity contribution in [2.24, 2.45) is 7.05 Å². The van der Waals surface area contributed by atoms with Crippen molar-refractivity contribution in [3.63, 3.8) is 0 Å². The molecule has 9 nitrogen and oxygen atoms in total. The summed E-state index contributed by atoms with van der Waals surface area (Å²) < 4.78 is 40.9. The number of sulfonamides is 1. The second-order valence-electron chi connectivity index (χ2n) is 8.83. The molecule has 2 aliphatic heterocycles. The van der Waals surface area contributed by atoms with Gasteiger partial charge in [0.15, 0.2) is 11.5 Å². The van der Waals surface area contributed by atoms with Gasteiger partial charge in [-0.3, -0.25) is 9.59 Å². The van der Waals surface area contributed by atoms with E-state index in [2.05, 4.69) is 5.32 Å². The highest BCUT2D eigenvalue weighted by Crippen LogP contribution is 2.30. The number of ether oxygens (including phenoxy) is 2. The lowest BCUT2D eigenvalue weighted by Crippen LogP contribution is -2.41. The number of hydrogen-bond acceptors (Lipinski definition) is 6. The molecule has 1 amide bonds. The minimum atomic E-state index is -3.71. The molecule has 3 aromatic rings. The van der Waals surface area contributed by atoms with Crippen LogP contribution in [0.25, 0.3) is 10.9 Å². The lowest BCUT2D eigenvalue weighted by Gasteiger charge is -2.26. The van der Waals surface area contributed by atoms with Gasteiger partial charge in [0.25, 0.3) is 5.91 Å². The maximum atomic E-state index is 13.3. The molecule has 0 aliphatic carbocycles. The zero-order valence-electron chi connectivity index (χ0n) is 19.4. The molecule has 1 saturated heterocycles. The van der Waals surface area contributed by atoms with Crippen LogP contribution in [-0.4, -0.2) is 55.5 Å². The highest BCUT2D eigenvalue weighted by atomic mass is 32.2. The minimum absolute atomic E-state index is 0.0629. The smallest absolute Gasteiger partial charge is 0.256 e. The molecule has 0 radical (unpaired) electrons. The van der Waals surface area contributed by atoms with Crippen molar-refractivity contribution >= 4 is 26.8 Å². The van der Waals surface area contributed by atoms with Crippen LogP contribution in [0.15, 0.2) is 58.4 Å². The van der Waals surface area contributed by atoms with E-state index in [0.717, 1.165) is 19.3 Å². The van der Waals surface area contributed by atoms with Crippen molar-refractivity contribution in [1.82, 2.24) is 14.2 Å². The second-order valence-corrected chi connectivity index (χ2v) is 10.8. The standard InChI is InChI=1S/C25H27N3O6S/c1-27-15-20(25(30)26-14-17-16-33-22-7-3-4-8-23(22)34-17)24(29)19-13-18(9-10-21(19)27)35(31,32)28-11-5-2-6-12-28/h3-4,7-10,13,15,17H,2,5-6,11-12,14,16H2,1H3,(H,26,30)/t17-/m0/s1. The average molecular weight is 498 g/mol. The number of pyridine rings is 1. The number of benzene rings is 2. The third kappa shape index (κ3) is 4.51. The molecule has 0 saturated carbocycles. The highest BCUT2D eigenvalue weighted by molar-refractivity contribution is 7.89. The van der Waals surface area contributed by atoms with Crippen LogP contribution in [0, 0.1) is 0 Å². The van der Waals surface area contributed by atoms with E-state index in [1.807, 2.05) is 18.2 Å². The molecular formula is C25H27N3O6S. The van der Waals surface area contributed by atoms with Crippen molar-refractivity contribution in [2.45, 2.75) is 30.3 Å². The quantitative estimate of drug-likeness (QED) is 0.580. The average Bonchev–Trinajstić information content (AvgIpc) is 2.89. The predicted octanol–water partition coefficient (Wildman–Crippen LogP) is 2.28. The van der Waals surface area contributed by atoms with Crippen molar-refractivity contribution < 1.29 is 22.7 Å². The highest BCUT2D eigenvalue weighted by Gasteiger charge is 2.27. The monoisotopic (exact) mass is 497 g/mol. The van der Waals surface area contributed by atoms with Crippen molar-refractivity contribution in [1.29, 1.82) is 0 Å². The zero-order valence-corrected chi connectivity index (χ0v) is 20.2. The van der Waals surface area contributed by atoms with Crippen LogP contribution in [0.2, 0.25) is 0 Å². The molecule has 5 rings (SSSR count). The third-order valence-corrected chi connectivity index (χ3v) is 8.31. The summed E-state index contributed by atoms with van der Waals surface area (Å²) in [6.45, 7) is 1.36. The van der Waals surface area contributed by atoms with Crippen LogP contribution >= 0.6 is 0 Å². The number of aryl methyl sites for hydroxylation is 1. The van der Waals surface area contributed by atoms with E-state index in [1.165, 1.54) is 22.6 Å². The van der Waals surface area contributed by atoms with Gasteiger partial charge < -0.3 is 19.4 Å². The zero-order chi connectivity index (χ0) is 24.6. The molecule has 3 heterocycles. The summed E-state index contributed by atoms with van der Waals surface area (Å²) in [5.74, 6) is 0.690. The number of carbonyl (C=O) groups excluding carboxylic acids is 1. The Kier molecular flexibility index (Phi) is 6.24. The molecule has 2 aromatic carbocycles. The van der Waals surface area contributed by atoms with Crippen LogP contribution in [0.1, 0.15) is 29.6 Å². The summed E-state index contributed by atoms with van der Waals surface area (Å²) in [5, 5.41) is 2.93. The molecule has 10 heteroatoms. The first-order valence-electron chi connectivity index (χ1n) is 11.6. The van der Waals surface area contributed by atoms with Gasteiger partial charge in [0.2, 0.25) is 15.5 Å². The van der Waals surface area contributed by atoms with Crippen LogP contribution < -0.4 is 20.2 Å². The second kappa shape index (κ2) is 9.35. The Morgan fingerprint density at radius 3 is 2.60 bits per heavy atom. The molecule has 0 bridgehead atoms. The number of hydrogen-bond donors (Lipinski definition) is 1. The fraction of sp³-hybridized carbons (Fsp3) is 0.360. The molecular weight excluding hydrogens is 470 g/mol. The first kappa shape index (κ1) is 23.4. The molecule has 1 aromatic heterocycles. The van der Waals surface area contributed by atoms with Gasteiger partial charge in [-0.05, 0) is 43.2 Å². The Balaban J connectivity index is 1.39. The summed E-state index contributed by atoms with van der Waals surface area (Å²) in [5.41, 5.74) is -0.0353. The molecule has 1 atom stereocenters. The van der Waals surface area contributed by atoms with E-state index in [-0.39, 0.29) is 29.0 Å². The maximum absolute atomic E-state index is 13.3. The van der Waals surface area contributed by atoms with Gasteiger partial charge in [-0.25, -0.2) is 8.42 Å². The number of carbonyl (C=O) groups is 1. The number of fused-ring (bicyclic) bond motifs is 2. The van der Waals surface area contributed by atoms with Gasteiger partial charge in [0.1, 0.15) is 18.3 Å². The number of nitrogens with one attached hydrogen (secondary N) is 1. The molecule has 0 unspecified atom stereocenters. The summed E-state index contributed by atoms with van der Waals surface area (Å²) in [4.78, 5) is 26.2. The molecule has 184 valence electrons. The van der Waals surface area contributed by atoms with Crippen molar-refractivity contribution in [3.8, 4) is 11.5 Å². The number of para-hydroxylation sites is 2. The van der Waals surface area contributed by atoms with E-state index in [1.54, 1.807) is 23.7 Å². The first-order valence-corrected chi connectivity index (χ1v) is 13.1. The van der Waals surface area contributed by atoms with Crippen molar-refractivity contribution in [2.75, 3.05) is 26.2 Å². The first-order chi connectivity index (χ1) is 16.8. The van der Waals surface area contributed by atoms with Gasteiger partial charge in [0.05, 0.1) is 17.0 Å². The topological polar surface area (TPSA) is 107 Å². The fourth-order valence-corrected chi connectivity index (χ4v) is 6.06. The van der Waals surface area contributed by atoms with Crippen LogP contribution in [0.3, 0.4) is 0 Å². The van der Waals surface area contributed by atoms with Gasteiger partial charge >= 0.3 is 0 Å². The normalized spacial score (nSPS) is 18.4. The third-order valence-electron chi connectivity index (χ3n) is 6.42. The summed E-state index contributed by atoms with van der Waals surface area (Å²) in [7, 11) is -2.00. The van der Waals surface area contributed by atoms with Gasteiger partial charge in [0, 0.05) is 31.7 Å². The summed E-state index contributed by atoms with van der Waals surface area (Å²) in [6.07, 6.45) is 3.71. The van der Waals surface area contributed by atoms with Gasteiger partial charge in [-0.2, -0.15) is 4.31 Å². The number of amides is 1. The van der Waals surface area contributed by atoms with E-state index >= 15 is 0 Å². The maximum Gasteiger partial charge on any atom is 0.256 e. The SMILES string of the molecule is Cn1cc(C(=O)NC[C@H]2COc3ccccc3O2)c(=O)c2cc(S(=O)(=O)N3CCCCC3)ccc21. The minimum Gasteiger partial charge on any atom is -0.486 e. The molecule has 1 fully saturated rings. The molecule has 35 heavy (non-hydrogen) atoms. The molecule has 2 aliphatic rings. The van der Waals surface area contributed by atoms with Gasteiger partial charge in [-0.15, -0.1) is 0 Å². The van der Waals surface area contributed by atoms with E-state index in [4.69, 9.17) is 9.47 Å². The van der Waals surface area contributed by atoms with Crippen LogP contribution in [-0.2, 0) is 17.1 Å². The van der Waals surface area contributed by atoms with E-state index in [0.29, 0.717) is 30.1 Å². The molecule has 0 spiro atoms. The lowest BCUT2D eigenvalue weighted by atomic mass is 10.1. The largest absolute Gasteiger partial charge is 0.486 e. The van der Waals surface area contributed by atoms with Gasteiger partial charge in [-0.1, -0.05) is 18.6 Å². The number of nitrogens with zero attached hydrogens (tertiary/aromatic N) is 2. The molecule has 1 N–H and O–H groups in total. The Labute approximate surface area is 203 Å². The number of piperidine rings is 1. The summed E-state index contributed by atoms with van der Waals surface area (Å²) in [6, 6.07) is 11.8. The Hall–Kier alpha value is -3.37. The number of rotatable bonds is 5.